The van der Waals surface area contributed by atoms with E-state index in [0.29, 0.717) is 17.3 Å². The Labute approximate surface area is 92.6 Å². The summed E-state index contributed by atoms with van der Waals surface area (Å²) in [5.74, 6) is 0.203. The molecular formula is C12H11NO3. The Morgan fingerprint density at radius 3 is 2.75 bits per heavy atom. The third-order valence-electron chi connectivity index (χ3n) is 2.07. The molecule has 4 nitrogen and oxygen atoms in total. The summed E-state index contributed by atoms with van der Waals surface area (Å²) in [7, 11) is 0. The van der Waals surface area contributed by atoms with Crippen LogP contribution in [0.1, 0.15) is 15.9 Å². The number of benzene rings is 1. The molecule has 0 saturated carbocycles. The fourth-order valence-electron chi connectivity index (χ4n) is 1.33. The number of para-hydroxylation sites is 1. The highest BCUT2D eigenvalue weighted by Crippen LogP contribution is 2.26. The van der Waals surface area contributed by atoms with E-state index in [1.807, 2.05) is 6.92 Å². The van der Waals surface area contributed by atoms with Crippen LogP contribution in [0.5, 0.6) is 11.7 Å². The third-order valence-corrected chi connectivity index (χ3v) is 2.07. The maximum Gasteiger partial charge on any atom is 0.290 e. The molecule has 4 heteroatoms. The van der Waals surface area contributed by atoms with Crippen LogP contribution in [0.25, 0.3) is 0 Å². The fraction of sp³-hybridized carbons (Fsp3) is 0.0833. The largest absolute Gasteiger partial charge is 0.434 e. The van der Waals surface area contributed by atoms with Crippen molar-refractivity contribution in [2.24, 2.45) is 5.73 Å². The van der Waals surface area contributed by atoms with E-state index in [0.717, 1.165) is 5.56 Å². The van der Waals surface area contributed by atoms with Crippen LogP contribution in [0.3, 0.4) is 0 Å². The molecule has 0 bridgehead atoms. The zero-order valence-electron chi connectivity index (χ0n) is 8.77. The van der Waals surface area contributed by atoms with Crippen molar-refractivity contribution in [3.63, 3.8) is 0 Å². The zero-order chi connectivity index (χ0) is 11.5. The lowest BCUT2D eigenvalue weighted by molar-refractivity contribution is 0.0997. The van der Waals surface area contributed by atoms with Crippen molar-refractivity contribution < 1.29 is 13.9 Å². The molecule has 1 amide bonds. The number of hydrogen-bond donors (Lipinski definition) is 1. The topological polar surface area (TPSA) is 65.5 Å². The molecule has 0 aliphatic rings. The SMILES string of the molecule is Cc1coc(Oc2ccccc2C(N)=O)c1. The minimum Gasteiger partial charge on any atom is -0.434 e. The van der Waals surface area contributed by atoms with Crippen molar-refractivity contribution in [3.8, 4) is 11.7 Å². The number of rotatable bonds is 3. The first-order valence-corrected chi connectivity index (χ1v) is 4.78. The molecule has 0 fully saturated rings. The standard InChI is InChI=1S/C12H11NO3/c1-8-6-11(15-7-8)16-10-5-3-2-4-9(10)12(13)14/h2-7H,1H3,(H2,13,14). The van der Waals surface area contributed by atoms with E-state index in [-0.39, 0.29) is 0 Å². The fourth-order valence-corrected chi connectivity index (χ4v) is 1.33. The van der Waals surface area contributed by atoms with Crippen LogP contribution in [0.2, 0.25) is 0 Å². The van der Waals surface area contributed by atoms with Gasteiger partial charge in [-0.1, -0.05) is 12.1 Å². The Kier molecular flexibility index (Phi) is 2.64. The second-order valence-electron chi connectivity index (χ2n) is 3.41. The number of nitrogens with two attached hydrogens (primary N) is 1. The van der Waals surface area contributed by atoms with Gasteiger partial charge in [0.25, 0.3) is 11.9 Å². The molecule has 2 N–H and O–H groups in total. The number of furan rings is 1. The lowest BCUT2D eigenvalue weighted by atomic mass is 10.2. The summed E-state index contributed by atoms with van der Waals surface area (Å²) in [4.78, 5) is 11.1. The number of amides is 1. The first kappa shape index (κ1) is 10.3. The van der Waals surface area contributed by atoms with Crippen LogP contribution >= 0.6 is 0 Å². The molecular weight excluding hydrogens is 206 g/mol. The average molecular weight is 217 g/mol. The van der Waals surface area contributed by atoms with E-state index < -0.39 is 5.91 Å². The Morgan fingerprint density at radius 2 is 2.12 bits per heavy atom. The first-order valence-electron chi connectivity index (χ1n) is 4.78. The van der Waals surface area contributed by atoms with Crippen LogP contribution in [-0.2, 0) is 0 Å². The summed E-state index contributed by atoms with van der Waals surface area (Å²) in [6, 6.07) is 8.49. The van der Waals surface area contributed by atoms with Gasteiger partial charge in [0, 0.05) is 6.07 Å². The minimum absolute atomic E-state index is 0.330. The van der Waals surface area contributed by atoms with Crippen molar-refractivity contribution in [1.29, 1.82) is 0 Å². The summed E-state index contributed by atoms with van der Waals surface area (Å²) in [5, 5.41) is 0. The summed E-state index contributed by atoms with van der Waals surface area (Å²) >= 11 is 0. The summed E-state index contributed by atoms with van der Waals surface area (Å²) < 4.78 is 10.6. The van der Waals surface area contributed by atoms with Crippen molar-refractivity contribution >= 4 is 5.91 Å². The van der Waals surface area contributed by atoms with Gasteiger partial charge in [-0.15, -0.1) is 0 Å². The van der Waals surface area contributed by atoms with E-state index in [2.05, 4.69) is 0 Å². The molecule has 1 aromatic heterocycles. The van der Waals surface area contributed by atoms with Gasteiger partial charge < -0.3 is 14.9 Å². The lowest BCUT2D eigenvalue weighted by Crippen LogP contribution is -2.11. The predicted molar refractivity (Wildman–Crippen MR) is 58.5 cm³/mol. The van der Waals surface area contributed by atoms with Crippen molar-refractivity contribution in [2.75, 3.05) is 0 Å². The van der Waals surface area contributed by atoms with Gasteiger partial charge in [0.2, 0.25) is 0 Å². The molecule has 0 radical (unpaired) electrons. The summed E-state index contributed by atoms with van der Waals surface area (Å²) in [5.41, 5.74) is 6.50. The molecule has 0 aliphatic heterocycles. The number of aryl methyl sites for hydroxylation is 1. The molecule has 1 heterocycles. The highest BCUT2D eigenvalue weighted by molar-refractivity contribution is 5.95. The Hall–Kier alpha value is -2.23. The number of carbonyl (C=O) groups excluding carboxylic acids is 1. The van der Waals surface area contributed by atoms with Crippen molar-refractivity contribution in [2.45, 2.75) is 6.92 Å². The number of primary amides is 1. The maximum atomic E-state index is 11.1. The number of hydrogen-bond acceptors (Lipinski definition) is 3. The molecule has 82 valence electrons. The normalized spacial score (nSPS) is 10.1. The monoisotopic (exact) mass is 217 g/mol. The average Bonchev–Trinajstić information content (AvgIpc) is 2.64. The van der Waals surface area contributed by atoms with Gasteiger partial charge in [-0.05, 0) is 24.6 Å². The van der Waals surface area contributed by atoms with Crippen molar-refractivity contribution in [1.82, 2.24) is 0 Å². The van der Waals surface area contributed by atoms with Gasteiger partial charge in [-0.3, -0.25) is 4.79 Å². The maximum absolute atomic E-state index is 11.1. The van der Waals surface area contributed by atoms with Gasteiger partial charge in [0.05, 0.1) is 11.8 Å². The van der Waals surface area contributed by atoms with Gasteiger partial charge in [-0.2, -0.15) is 0 Å². The Bertz CT molecular complexity index is 516. The third kappa shape index (κ3) is 2.06. The quantitative estimate of drug-likeness (QED) is 0.858. The van der Waals surface area contributed by atoms with Gasteiger partial charge >= 0.3 is 0 Å². The van der Waals surface area contributed by atoms with Gasteiger partial charge in [0.15, 0.2) is 0 Å². The molecule has 0 unspecified atom stereocenters. The zero-order valence-corrected chi connectivity index (χ0v) is 8.77. The smallest absolute Gasteiger partial charge is 0.290 e. The second-order valence-corrected chi connectivity index (χ2v) is 3.41. The molecule has 2 rings (SSSR count). The van der Waals surface area contributed by atoms with Crippen LogP contribution in [-0.4, -0.2) is 5.91 Å². The highest BCUT2D eigenvalue weighted by Gasteiger charge is 2.10. The highest BCUT2D eigenvalue weighted by atomic mass is 16.6. The molecule has 0 saturated heterocycles. The molecule has 0 atom stereocenters. The molecule has 16 heavy (non-hydrogen) atoms. The van der Waals surface area contributed by atoms with E-state index in [9.17, 15) is 4.79 Å². The Balaban J connectivity index is 2.31. The number of carbonyl (C=O) groups is 1. The summed E-state index contributed by atoms with van der Waals surface area (Å²) in [6.07, 6.45) is 1.57. The van der Waals surface area contributed by atoms with E-state index in [1.165, 1.54) is 0 Å². The molecule has 0 spiro atoms. The first-order chi connectivity index (χ1) is 7.66. The lowest BCUT2D eigenvalue weighted by Gasteiger charge is -2.05. The number of ether oxygens (including phenoxy) is 1. The minimum atomic E-state index is -0.529. The van der Waals surface area contributed by atoms with E-state index in [1.54, 1.807) is 36.6 Å². The van der Waals surface area contributed by atoms with Crippen LogP contribution in [0.4, 0.5) is 0 Å². The second kappa shape index (κ2) is 4.10. The van der Waals surface area contributed by atoms with Crippen molar-refractivity contribution in [3.05, 3.63) is 47.7 Å². The predicted octanol–water partition coefficient (Wildman–Crippen LogP) is 2.48. The van der Waals surface area contributed by atoms with E-state index >= 15 is 0 Å². The molecule has 0 aliphatic carbocycles. The van der Waals surface area contributed by atoms with E-state index in [4.69, 9.17) is 14.9 Å². The van der Waals surface area contributed by atoms with Gasteiger partial charge in [-0.25, -0.2) is 0 Å². The van der Waals surface area contributed by atoms with Crippen LogP contribution in [0, 0.1) is 6.92 Å². The molecule has 1 aromatic carbocycles. The molecule has 2 aromatic rings. The Morgan fingerprint density at radius 1 is 1.38 bits per heavy atom. The van der Waals surface area contributed by atoms with Gasteiger partial charge in [0.1, 0.15) is 5.75 Å². The summed E-state index contributed by atoms with van der Waals surface area (Å²) in [6.45, 7) is 1.89. The van der Waals surface area contributed by atoms with Crippen LogP contribution < -0.4 is 10.5 Å². The van der Waals surface area contributed by atoms with Crippen LogP contribution in [0.15, 0.2) is 41.0 Å².